The fourth-order valence-electron chi connectivity index (χ4n) is 2.47. The number of hydrogen-bond donors (Lipinski definition) is 2. The lowest BCUT2D eigenvalue weighted by Crippen LogP contribution is -2.13. The standard InChI is InChI=1S/C20H20N2O5S/c1-14-3-10-18(11-4-14)28(24,25)22-16-7-5-15(6-8-16)21-20(23)19-12-9-17(27-19)13-26-2/h3-12,22H,13H2,1-2H3,(H,21,23). The molecule has 1 amide bonds. The van der Waals surface area contributed by atoms with Gasteiger partial charge in [-0.1, -0.05) is 17.7 Å². The van der Waals surface area contributed by atoms with Crippen LogP contribution in [0.4, 0.5) is 11.4 Å². The second-order valence-corrected chi connectivity index (χ2v) is 7.83. The van der Waals surface area contributed by atoms with Gasteiger partial charge in [-0.25, -0.2) is 8.42 Å². The summed E-state index contributed by atoms with van der Waals surface area (Å²) in [7, 11) is -2.14. The molecular weight excluding hydrogens is 380 g/mol. The van der Waals surface area contributed by atoms with Crippen molar-refractivity contribution in [3.05, 3.63) is 77.7 Å². The van der Waals surface area contributed by atoms with Gasteiger partial charge < -0.3 is 14.5 Å². The van der Waals surface area contributed by atoms with Gasteiger partial charge in [0.05, 0.1) is 4.90 Å². The summed E-state index contributed by atoms with van der Waals surface area (Å²) in [5.41, 5.74) is 1.87. The van der Waals surface area contributed by atoms with Crippen molar-refractivity contribution in [2.24, 2.45) is 0 Å². The molecule has 0 atom stereocenters. The van der Waals surface area contributed by atoms with Gasteiger partial charge in [-0.2, -0.15) is 0 Å². The molecule has 3 aromatic rings. The van der Waals surface area contributed by atoms with E-state index in [2.05, 4.69) is 10.0 Å². The Morgan fingerprint density at radius 2 is 1.61 bits per heavy atom. The summed E-state index contributed by atoms with van der Waals surface area (Å²) < 4.78 is 37.7. The number of hydrogen-bond acceptors (Lipinski definition) is 5. The first kappa shape index (κ1) is 19.7. The molecule has 0 spiro atoms. The van der Waals surface area contributed by atoms with Gasteiger partial charge in [-0.3, -0.25) is 9.52 Å². The van der Waals surface area contributed by atoms with E-state index < -0.39 is 15.9 Å². The van der Waals surface area contributed by atoms with Gasteiger partial charge in [0, 0.05) is 18.5 Å². The van der Waals surface area contributed by atoms with E-state index in [0.717, 1.165) is 5.56 Å². The number of aryl methyl sites for hydroxylation is 1. The number of benzene rings is 2. The molecule has 0 bridgehead atoms. The van der Waals surface area contributed by atoms with Gasteiger partial charge in [-0.15, -0.1) is 0 Å². The molecule has 8 heteroatoms. The minimum Gasteiger partial charge on any atom is -0.453 e. The number of rotatable bonds is 7. The Morgan fingerprint density at radius 3 is 2.25 bits per heavy atom. The summed E-state index contributed by atoms with van der Waals surface area (Å²) in [6.45, 7) is 2.17. The van der Waals surface area contributed by atoms with Crippen LogP contribution in [0, 0.1) is 6.92 Å². The smallest absolute Gasteiger partial charge is 0.291 e. The van der Waals surface area contributed by atoms with E-state index in [1.807, 2.05) is 6.92 Å². The molecule has 0 fully saturated rings. The molecule has 2 aromatic carbocycles. The molecule has 0 aliphatic carbocycles. The monoisotopic (exact) mass is 400 g/mol. The molecule has 0 saturated carbocycles. The van der Waals surface area contributed by atoms with Crippen LogP contribution < -0.4 is 10.0 Å². The van der Waals surface area contributed by atoms with Crippen molar-refractivity contribution in [2.45, 2.75) is 18.4 Å². The fraction of sp³-hybridized carbons (Fsp3) is 0.150. The lowest BCUT2D eigenvalue weighted by atomic mass is 10.2. The van der Waals surface area contributed by atoms with Crippen molar-refractivity contribution >= 4 is 27.3 Å². The summed E-state index contributed by atoms with van der Waals surface area (Å²) >= 11 is 0. The first-order chi connectivity index (χ1) is 13.4. The Hall–Kier alpha value is -3.10. The predicted octanol–water partition coefficient (Wildman–Crippen LogP) is 3.79. The fourth-order valence-corrected chi connectivity index (χ4v) is 3.52. The predicted molar refractivity (Wildman–Crippen MR) is 106 cm³/mol. The largest absolute Gasteiger partial charge is 0.453 e. The van der Waals surface area contributed by atoms with Gasteiger partial charge >= 0.3 is 0 Å². The highest BCUT2D eigenvalue weighted by Gasteiger charge is 2.15. The maximum Gasteiger partial charge on any atom is 0.291 e. The molecule has 28 heavy (non-hydrogen) atoms. The van der Waals surface area contributed by atoms with Gasteiger partial charge in [-0.05, 0) is 55.5 Å². The van der Waals surface area contributed by atoms with Crippen LogP contribution in [0.1, 0.15) is 21.9 Å². The van der Waals surface area contributed by atoms with Crippen LogP contribution in [-0.4, -0.2) is 21.4 Å². The topological polar surface area (TPSA) is 97.6 Å². The van der Waals surface area contributed by atoms with Crippen LogP contribution >= 0.6 is 0 Å². The average Bonchev–Trinajstić information content (AvgIpc) is 3.13. The van der Waals surface area contributed by atoms with E-state index in [-0.39, 0.29) is 17.3 Å². The molecule has 0 aliphatic heterocycles. The highest BCUT2D eigenvalue weighted by atomic mass is 32.2. The van der Waals surface area contributed by atoms with Crippen molar-refractivity contribution in [3.8, 4) is 0 Å². The number of anilines is 2. The Morgan fingerprint density at radius 1 is 0.964 bits per heavy atom. The SMILES string of the molecule is COCc1ccc(C(=O)Nc2ccc(NS(=O)(=O)c3ccc(C)cc3)cc2)o1. The molecule has 0 saturated heterocycles. The summed E-state index contributed by atoms with van der Waals surface area (Å²) in [6.07, 6.45) is 0. The zero-order chi connectivity index (χ0) is 20.1. The van der Waals surface area contributed by atoms with E-state index in [9.17, 15) is 13.2 Å². The summed E-state index contributed by atoms with van der Waals surface area (Å²) in [5, 5.41) is 2.69. The second kappa shape index (κ2) is 8.28. The number of furan rings is 1. The van der Waals surface area contributed by atoms with Crippen LogP contribution in [0.15, 0.2) is 70.0 Å². The minimum atomic E-state index is -3.68. The van der Waals surface area contributed by atoms with Crippen LogP contribution in [0.5, 0.6) is 0 Å². The Balaban J connectivity index is 1.65. The molecular formula is C20H20N2O5S. The number of carbonyl (C=O) groups excluding carboxylic acids is 1. The first-order valence-corrected chi connectivity index (χ1v) is 9.94. The van der Waals surface area contributed by atoms with Crippen LogP contribution in [-0.2, 0) is 21.4 Å². The molecule has 146 valence electrons. The number of nitrogens with one attached hydrogen (secondary N) is 2. The van der Waals surface area contributed by atoms with Gasteiger partial charge in [0.25, 0.3) is 15.9 Å². The van der Waals surface area contributed by atoms with Crippen LogP contribution in [0.3, 0.4) is 0 Å². The van der Waals surface area contributed by atoms with Crippen molar-refractivity contribution in [1.29, 1.82) is 0 Å². The molecule has 0 unspecified atom stereocenters. The van der Waals surface area contributed by atoms with Crippen molar-refractivity contribution in [3.63, 3.8) is 0 Å². The Labute approximate surface area is 163 Å². The highest BCUT2D eigenvalue weighted by Crippen LogP contribution is 2.19. The van der Waals surface area contributed by atoms with Crippen LogP contribution in [0.25, 0.3) is 0 Å². The summed E-state index contributed by atoms with van der Waals surface area (Å²) in [5.74, 6) is 0.306. The van der Waals surface area contributed by atoms with Gasteiger partial charge in [0.1, 0.15) is 12.4 Å². The van der Waals surface area contributed by atoms with E-state index in [1.165, 1.54) is 7.11 Å². The van der Waals surface area contributed by atoms with E-state index >= 15 is 0 Å². The van der Waals surface area contributed by atoms with E-state index in [4.69, 9.17) is 9.15 Å². The van der Waals surface area contributed by atoms with Crippen molar-refractivity contribution < 1.29 is 22.4 Å². The van der Waals surface area contributed by atoms with Crippen LogP contribution in [0.2, 0.25) is 0 Å². The number of methoxy groups -OCH3 is 1. The highest BCUT2D eigenvalue weighted by molar-refractivity contribution is 7.92. The number of sulfonamides is 1. The third-order valence-electron chi connectivity index (χ3n) is 3.90. The normalized spacial score (nSPS) is 11.2. The molecule has 0 radical (unpaired) electrons. The third kappa shape index (κ3) is 4.79. The molecule has 1 aromatic heterocycles. The zero-order valence-corrected chi connectivity index (χ0v) is 16.2. The Kier molecular flexibility index (Phi) is 5.81. The summed E-state index contributed by atoms with van der Waals surface area (Å²) in [6, 6.07) is 16.1. The molecule has 0 aliphatic rings. The third-order valence-corrected chi connectivity index (χ3v) is 5.30. The maximum absolute atomic E-state index is 12.4. The van der Waals surface area contributed by atoms with E-state index in [1.54, 1.807) is 60.7 Å². The molecule has 1 heterocycles. The first-order valence-electron chi connectivity index (χ1n) is 8.46. The van der Waals surface area contributed by atoms with Gasteiger partial charge in [0.2, 0.25) is 0 Å². The molecule has 3 rings (SSSR count). The maximum atomic E-state index is 12.4. The van der Waals surface area contributed by atoms with Crippen molar-refractivity contribution in [1.82, 2.24) is 0 Å². The number of ether oxygens (including phenoxy) is 1. The second-order valence-electron chi connectivity index (χ2n) is 6.15. The minimum absolute atomic E-state index is 0.163. The van der Waals surface area contributed by atoms with E-state index in [0.29, 0.717) is 17.1 Å². The van der Waals surface area contributed by atoms with Crippen molar-refractivity contribution in [2.75, 3.05) is 17.1 Å². The zero-order valence-electron chi connectivity index (χ0n) is 15.4. The summed E-state index contributed by atoms with van der Waals surface area (Å²) in [4.78, 5) is 12.4. The number of amides is 1. The molecule has 2 N–H and O–H groups in total. The van der Waals surface area contributed by atoms with Gasteiger partial charge in [0.15, 0.2) is 5.76 Å². The average molecular weight is 400 g/mol. The lowest BCUT2D eigenvalue weighted by Gasteiger charge is -2.09. The molecule has 7 nitrogen and oxygen atoms in total. The Bertz CT molecular complexity index is 1050. The quantitative estimate of drug-likeness (QED) is 0.629. The number of carbonyl (C=O) groups is 1. The lowest BCUT2D eigenvalue weighted by molar-refractivity contribution is 0.0987.